The van der Waals surface area contributed by atoms with Crippen LogP contribution in [-0.2, 0) is 0 Å². The second-order valence-corrected chi connectivity index (χ2v) is 14.3. The Bertz CT molecular complexity index is 118. The molecule has 0 saturated heterocycles. The molecule has 0 aliphatic heterocycles. The molecule has 0 aliphatic carbocycles. The SMILES string of the molecule is [Li][CH2]C(C)(C)CS[Si](C)(C)C. The summed E-state index contributed by atoms with van der Waals surface area (Å²) in [6, 6.07) is 0. The van der Waals surface area contributed by atoms with E-state index >= 15 is 0 Å². The molecule has 0 rings (SSSR count). The Morgan fingerprint density at radius 1 is 1.27 bits per heavy atom. The van der Waals surface area contributed by atoms with Crippen LogP contribution in [0.15, 0.2) is 0 Å². The predicted molar refractivity (Wildman–Crippen MR) is 60.1 cm³/mol. The summed E-state index contributed by atoms with van der Waals surface area (Å²) in [5.41, 5.74) is 0.547. The Morgan fingerprint density at radius 3 is 2.00 bits per heavy atom. The first-order chi connectivity index (χ1) is 4.77. The molecule has 11 heavy (non-hydrogen) atoms. The van der Waals surface area contributed by atoms with Gasteiger partial charge in [0.2, 0.25) is 0 Å². The average Bonchev–Trinajstić information content (AvgIpc) is 1.83. The quantitative estimate of drug-likeness (QED) is 0.602. The van der Waals surface area contributed by atoms with Gasteiger partial charge < -0.3 is 0 Å². The zero-order valence-corrected chi connectivity index (χ0v) is 10.6. The summed E-state index contributed by atoms with van der Waals surface area (Å²) in [5, 5.41) is 1.30. The van der Waals surface area contributed by atoms with E-state index in [0.29, 0.717) is 5.41 Å². The molecule has 0 fully saturated rings. The van der Waals surface area contributed by atoms with Crippen LogP contribution < -0.4 is 0 Å². The van der Waals surface area contributed by atoms with E-state index in [9.17, 15) is 0 Å². The Hall–Kier alpha value is 1.16. The zero-order valence-electron chi connectivity index (χ0n) is 8.82. The molecular weight excluding hydrogens is 163 g/mol. The summed E-state index contributed by atoms with van der Waals surface area (Å²) in [4.78, 5) is 0. The monoisotopic (exact) mass is 182 g/mol. The number of hydrogen-bond acceptors (Lipinski definition) is 1. The van der Waals surface area contributed by atoms with Gasteiger partial charge in [-0.25, -0.2) is 0 Å². The van der Waals surface area contributed by atoms with Crippen molar-refractivity contribution < 1.29 is 0 Å². The fraction of sp³-hybridized carbons (Fsp3) is 1.00. The van der Waals surface area contributed by atoms with Crippen LogP contribution in [0.5, 0.6) is 0 Å². The average molecular weight is 182 g/mol. The standard InChI is InChI=1S/C8H19SSi.Li/c1-8(2,3)7-9-10(4,5)6;/h1,7H2,2-6H3;. The van der Waals surface area contributed by atoms with Gasteiger partial charge in [0.25, 0.3) is 0 Å². The second-order valence-electron chi connectivity index (χ2n) is 4.92. The Balaban J connectivity index is 3.70. The summed E-state index contributed by atoms with van der Waals surface area (Å²) < 4.78 is 0. The normalized spacial score (nSPS) is 13.7. The minimum absolute atomic E-state index is 0.547. The minimum atomic E-state index is -0.867. The van der Waals surface area contributed by atoms with E-state index in [2.05, 4.69) is 62.4 Å². The topological polar surface area (TPSA) is 0 Å². The molecule has 0 spiro atoms. The molecule has 0 atom stereocenters. The van der Waals surface area contributed by atoms with E-state index < -0.39 is 7.22 Å². The van der Waals surface area contributed by atoms with E-state index in [4.69, 9.17) is 0 Å². The van der Waals surface area contributed by atoms with Crippen LogP contribution in [0.25, 0.3) is 0 Å². The van der Waals surface area contributed by atoms with Gasteiger partial charge in [-0.1, -0.05) is 0 Å². The number of hydrogen-bond donors (Lipinski definition) is 0. The van der Waals surface area contributed by atoms with Crippen LogP contribution in [-0.4, -0.2) is 30.7 Å². The van der Waals surface area contributed by atoms with Crippen molar-refractivity contribution in [3.63, 3.8) is 0 Å². The molecule has 0 aromatic heterocycles. The predicted octanol–water partition coefficient (Wildman–Crippen LogP) is 3.17. The van der Waals surface area contributed by atoms with Crippen molar-refractivity contribution in [1.82, 2.24) is 0 Å². The van der Waals surface area contributed by atoms with Crippen LogP contribution in [0.4, 0.5) is 0 Å². The van der Waals surface area contributed by atoms with Crippen LogP contribution in [0.2, 0.25) is 24.7 Å². The van der Waals surface area contributed by atoms with Crippen molar-refractivity contribution in [2.45, 2.75) is 38.6 Å². The number of rotatable bonds is 4. The molecule has 0 N–H and O–H groups in total. The van der Waals surface area contributed by atoms with Crippen LogP contribution in [0.3, 0.4) is 0 Å². The first kappa shape index (κ1) is 12.2. The summed E-state index contributed by atoms with van der Waals surface area (Å²) in [7, 11) is -0.867. The summed E-state index contributed by atoms with van der Waals surface area (Å²) in [6.07, 6.45) is 0. The summed E-state index contributed by atoms with van der Waals surface area (Å²) in [5.74, 6) is 1.33. The molecule has 0 radical (unpaired) electrons. The van der Waals surface area contributed by atoms with Crippen LogP contribution in [0, 0.1) is 5.41 Å². The van der Waals surface area contributed by atoms with Crippen molar-refractivity contribution in [3.05, 3.63) is 0 Å². The van der Waals surface area contributed by atoms with Crippen molar-refractivity contribution in [2.24, 2.45) is 5.41 Å². The van der Waals surface area contributed by atoms with Crippen molar-refractivity contribution in [3.8, 4) is 0 Å². The van der Waals surface area contributed by atoms with Crippen LogP contribution >= 0.6 is 11.2 Å². The van der Waals surface area contributed by atoms with Crippen molar-refractivity contribution in [2.75, 3.05) is 5.75 Å². The van der Waals surface area contributed by atoms with E-state index in [-0.39, 0.29) is 0 Å². The van der Waals surface area contributed by atoms with Gasteiger partial charge >= 0.3 is 85.9 Å². The molecule has 0 heterocycles. The van der Waals surface area contributed by atoms with Crippen molar-refractivity contribution >= 4 is 36.1 Å². The van der Waals surface area contributed by atoms with Crippen LogP contribution in [0.1, 0.15) is 13.8 Å². The van der Waals surface area contributed by atoms with Gasteiger partial charge in [0.05, 0.1) is 0 Å². The third kappa shape index (κ3) is 7.52. The van der Waals surface area contributed by atoms with E-state index in [1.165, 1.54) is 10.8 Å². The summed E-state index contributed by atoms with van der Waals surface area (Å²) >= 11 is 4.49. The Labute approximate surface area is 85.8 Å². The second kappa shape index (κ2) is 4.41. The van der Waals surface area contributed by atoms with E-state index in [0.717, 1.165) is 0 Å². The van der Waals surface area contributed by atoms with Gasteiger partial charge in [-0.05, 0) is 0 Å². The zero-order chi connectivity index (χ0) is 9.12. The van der Waals surface area contributed by atoms with Gasteiger partial charge in [-0.2, -0.15) is 0 Å². The molecule has 3 heteroatoms. The third-order valence-corrected chi connectivity index (χ3v) is 6.68. The molecule has 0 unspecified atom stereocenters. The Morgan fingerprint density at radius 2 is 1.73 bits per heavy atom. The fourth-order valence-electron chi connectivity index (χ4n) is 0.514. The molecule has 0 saturated carbocycles. The maximum absolute atomic E-state index is 2.42. The van der Waals surface area contributed by atoms with Gasteiger partial charge in [0.15, 0.2) is 0 Å². The van der Waals surface area contributed by atoms with E-state index in [1.807, 2.05) is 0 Å². The molecule has 0 nitrogen and oxygen atoms in total. The first-order valence-corrected chi connectivity index (χ1v) is 9.62. The van der Waals surface area contributed by atoms with Gasteiger partial charge in [-0.3, -0.25) is 0 Å². The first-order valence-electron chi connectivity index (χ1n) is 4.41. The van der Waals surface area contributed by atoms with Gasteiger partial charge in [0.1, 0.15) is 0 Å². The van der Waals surface area contributed by atoms with Crippen molar-refractivity contribution in [1.29, 1.82) is 0 Å². The summed E-state index contributed by atoms with van der Waals surface area (Å²) in [6.45, 7) is 12.0. The van der Waals surface area contributed by atoms with Gasteiger partial charge in [0, 0.05) is 0 Å². The molecule has 0 amide bonds. The molecule has 62 valence electrons. The Kier molecular flexibility index (Phi) is 4.88. The third-order valence-electron chi connectivity index (χ3n) is 1.85. The fourth-order valence-corrected chi connectivity index (χ4v) is 4.01. The molecule has 0 aromatic rings. The van der Waals surface area contributed by atoms with Gasteiger partial charge in [-0.15, -0.1) is 0 Å². The molecule has 0 bridgehead atoms. The van der Waals surface area contributed by atoms with E-state index in [1.54, 1.807) is 0 Å². The molecule has 0 aromatic carbocycles. The molecular formula is C8H19LiSSi. The molecule has 0 aliphatic rings. The maximum atomic E-state index is 2.42.